The molecule has 0 bridgehead atoms. The standard InChI is InChI=1S/C16H23BO3/c1-6-9-14(18)12-10-7-8-11-13(12)17-19-15(2,3)16(4,5)20-17/h7-8,10-11H,6,9H2,1-5H3. The van der Waals surface area contributed by atoms with E-state index < -0.39 is 18.3 Å². The van der Waals surface area contributed by atoms with Crippen LogP contribution in [0.3, 0.4) is 0 Å². The molecule has 0 radical (unpaired) electrons. The van der Waals surface area contributed by atoms with Gasteiger partial charge in [-0.1, -0.05) is 31.2 Å². The van der Waals surface area contributed by atoms with Crippen LogP contribution in [0, 0.1) is 0 Å². The predicted octanol–water partition coefficient (Wildman–Crippen LogP) is 2.97. The van der Waals surface area contributed by atoms with Crippen molar-refractivity contribution in [3.63, 3.8) is 0 Å². The zero-order chi connectivity index (χ0) is 15.0. The molecule has 1 fully saturated rings. The summed E-state index contributed by atoms with van der Waals surface area (Å²) in [5, 5.41) is 0. The molecular formula is C16H23BO3. The summed E-state index contributed by atoms with van der Waals surface area (Å²) in [6, 6.07) is 7.59. The minimum Gasteiger partial charge on any atom is -0.399 e. The molecule has 1 aliphatic rings. The summed E-state index contributed by atoms with van der Waals surface area (Å²) in [7, 11) is -0.475. The average Bonchev–Trinajstić information content (AvgIpc) is 2.59. The number of ketones is 1. The van der Waals surface area contributed by atoms with E-state index in [9.17, 15) is 4.79 Å². The van der Waals surface area contributed by atoms with E-state index >= 15 is 0 Å². The fourth-order valence-corrected chi connectivity index (χ4v) is 2.29. The van der Waals surface area contributed by atoms with Crippen LogP contribution in [0.15, 0.2) is 24.3 Å². The lowest BCUT2D eigenvalue weighted by molar-refractivity contribution is 0.00578. The van der Waals surface area contributed by atoms with Gasteiger partial charge in [-0.05, 0) is 39.6 Å². The van der Waals surface area contributed by atoms with Crippen LogP contribution < -0.4 is 5.46 Å². The molecule has 1 aliphatic heterocycles. The van der Waals surface area contributed by atoms with E-state index in [-0.39, 0.29) is 5.78 Å². The van der Waals surface area contributed by atoms with Gasteiger partial charge in [0.25, 0.3) is 0 Å². The first-order chi connectivity index (χ1) is 9.28. The third-order valence-electron chi connectivity index (χ3n) is 4.25. The smallest absolute Gasteiger partial charge is 0.399 e. The third kappa shape index (κ3) is 2.67. The molecule has 0 unspecified atom stereocenters. The number of carbonyl (C=O) groups excluding carboxylic acids is 1. The molecule has 1 aromatic rings. The summed E-state index contributed by atoms with van der Waals surface area (Å²) in [4.78, 5) is 12.2. The second-order valence-electron chi connectivity index (χ2n) is 6.35. The second kappa shape index (κ2) is 5.34. The maximum Gasteiger partial charge on any atom is 0.495 e. The van der Waals surface area contributed by atoms with Crippen molar-refractivity contribution < 1.29 is 14.1 Å². The highest BCUT2D eigenvalue weighted by Crippen LogP contribution is 2.36. The lowest BCUT2D eigenvalue weighted by Gasteiger charge is -2.32. The molecule has 1 aromatic carbocycles. The van der Waals surface area contributed by atoms with Crippen LogP contribution in [0.4, 0.5) is 0 Å². The monoisotopic (exact) mass is 274 g/mol. The maximum absolute atomic E-state index is 12.2. The molecule has 0 saturated carbocycles. The Labute approximate surface area is 121 Å². The largest absolute Gasteiger partial charge is 0.495 e. The molecule has 108 valence electrons. The summed E-state index contributed by atoms with van der Waals surface area (Å²) in [5.41, 5.74) is 0.773. The first-order valence-electron chi connectivity index (χ1n) is 7.26. The van der Waals surface area contributed by atoms with Crippen LogP contribution in [0.5, 0.6) is 0 Å². The minimum absolute atomic E-state index is 0.151. The van der Waals surface area contributed by atoms with Crippen molar-refractivity contribution in [2.75, 3.05) is 0 Å². The zero-order valence-corrected chi connectivity index (χ0v) is 13.0. The lowest BCUT2D eigenvalue weighted by atomic mass is 9.74. The van der Waals surface area contributed by atoms with Crippen molar-refractivity contribution in [3.8, 4) is 0 Å². The number of hydrogen-bond acceptors (Lipinski definition) is 3. The lowest BCUT2D eigenvalue weighted by Crippen LogP contribution is -2.41. The van der Waals surface area contributed by atoms with Gasteiger partial charge in [-0.2, -0.15) is 0 Å². The van der Waals surface area contributed by atoms with Crippen molar-refractivity contribution in [1.29, 1.82) is 0 Å². The van der Waals surface area contributed by atoms with E-state index in [1.807, 2.05) is 58.9 Å². The van der Waals surface area contributed by atoms with Crippen LogP contribution >= 0.6 is 0 Å². The van der Waals surface area contributed by atoms with Crippen molar-refractivity contribution in [3.05, 3.63) is 29.8 Å². The van der Waals surface area contributed by atoms with Gasteiger partial charge in [-0.3, -0.25) is 4.79 Å². The molecule has 20 heavy (non-hydrogen) atoms. The first-order valence-corrected chi connectivity index (χ1v) is 7.26. The van der Waals surface area contributed by atoms with Crippen LogP contribution in [0.25, 0.3) is 0 Å². The van der Waals surface area contributed by atoms with Crippen LogP contribution in [0.1, 0.15) is 57.8 Å². The molecule has 0 aromatic heterocycles. The van der Waals surface area contributed by atoms with E-state index in [2.05, 4.69) is 0 Å². The molecule has 0 N–H and O–H groups in total. The van der Waals surface area contributed by atoms with Gasteiger partial charge in [0, 0.05) is 12.0 Å². The molecule has 0 amide bonds. The Kier molecular flexibility index (Phi) is 4.08. The molecule has 3 nitrogen and oxygen atoms in total. The molecule has 0 spiro atoms. The Morgan fingerprint density at radius 2 is 1.65 bits per heavy atom. The summed E-state index contributed by atoms with van der Waals surface area (Å²) in [5.74, 6) is 0.151. The summed E-state index contributed by atoms with van der Waals surface area (Å²) < 4.78 is 12.1. The van der Waals surface area contributed by atoms with Crippen molar-refractivity contribution in [2.45, 2.75) is 58.7 Å². The van der Waals surface area contributed by atoms with Crippen LogP contribution in [-0.2, 0) is 9.31 Å². The first kappa shape index (κ1) is 15.3. The highest BCUT2D eigenvalue weighted by molar-refractivity contribution is 6.63. The maximum atomic E-state index is 12.2. The summed E-state index contributed by atoms with van der Waals surface area (Å²) in [6.45, 7) is 10.1. The molecule has 1 saturated heterocycles. The highest BCUT2D eigenvalue weighted by atomic mass is 16.7. The average molecular weight is 274 g/mol. The fourth-order valence-electron chi connectivity index (χ4n) is 2.29. The third-order valence-corrected chi connectivity index (χ3v) is 4.25. The van der Waals surface area contributed by atoms with Gasteiger partial charge in [-0.25, -0.2) is 0 Å². The minimum atomic E-state index is -0.475. The van der Waals surface area contributed by atoms with E-state index in [0.29, 0.717) is 12.0 Å². The second-order valence-corrected chi connectivity index (χ2v) is 6.35. The van der Waals surface area contributed by atoms with E-state index in [1.165, 1.54) is 0 Å². The van der Waals surface area contributed by atoms with E-state index in [1.54, 1.807) is 0 Å². The van der Waals surface area contributed by atoms with Gasteiger partial charge >= 0.3 is 7.12 Å². The zero-order valence-electron chi connectivity index (χ0n) is 13.0. The number of Topliss-reactive ketones (excluding diaryl/α,β-unsaturated/α-hetero) is 1. The SMILES string of the molecule is CCCC(=O)c1ccccc1B1OC(C)(C)C(C)(C)O1. The quantitative estimate of drug-likeness (QED) is 0.625. The van der Waals surface area contributed by atoms with Gasteiger partial charge in [0.2, 0.25) is 0 Å². The Morgan fingerprint density at radius 3 is 2.20 bits per heavy atom. The van der Waals surface area contributed by atoms with Gasteiger partial charge in [0.1, 0.15) is 0 Å². The topological polar surface area (TPSA) is 35.5 Å². The van der Waals surface area contributed by atoms with Gasteiger partial charge in [-0.15, -0.1) is 0 Å². The highest BCUT2D eigenvalue weighted by Gasteiger charge is 2.52. The van der Waals surface area contributed by atoms with Crippen molar-refractivity contribution in [1.82, 2.24) is 0 Å². The van der Waals surface area contributed by atoms with Gasteiger partial charge in [0.15, 0.2) is 5.78 Å². The molecule has 2 rings (SSSR count). The number of carbonyl (C=O) groups is 1. The molecule has 1 heterocycles. The number of rotatable bonds is 4. The molecule has 0 aliphatic carbocycles. The van der Waals surface area contributed by atoms with Crippen LogP contribution in [-0.4, -0.2) is 24.1 Å². The normalized spacial score (nSPS) is 20.1. The molecular weight excluding hydrogens is 251 g/mol. The number of hydrogen-bond donors (Lipinski definition) is 0. The van der Waals surface area contributed by atoms with Crippen LogP contribution in [0.2, 0.25) is 0 Å². The van der Waals surface area contributed by atoms with Crippen molar-refractivity contribution in [2.24, 2.45) is 0 Å². The van der Waals surface area contributed by atoms with Crippen molar-refractivity contribution >= 4 is 18.4 Å². The summed E-state index contributed by atoms with van der Waals surface area (Å²) in [6.07, 6.45) is 1.40. The predicted molar refractivity (Wildman–Crippen MR) is 81.4 cm³/mol. The Morgan fingerprint density at radius 1 is 1.10 bits per heavy atom. The molecule has 0 atom stereocenters. The van der Waals surface area contributed by atoms with Gasteiger partial charge < -0.3 is 9.31 Å². The Bertz CT molecular complexity index is 492. The molecule has 4 heteroatoms. The number of benzene rings is 1. The van der Waals surface area contributed by atoms with E-state index in [0.717, 1.165) is 11.9 Å². The van der Waals surface area contributed by atoms with E-state index in [4.69, 9.17) is 9.31 Å². The summed E-state index contributed by atoms with van der Waals surface area (Å²) >= 11 is 0. The van der Waals surface area contributed by atoms with Gasteiger partial charge in [0.05, 0.1) is 11.2 Å². The fraction of sp³-hybridized carbons (Fsp3) is 0.562. The Hall–Kier alpha value is -1.13. The Balaban J connectivity index is 2.33.